The molecular weight excluding hydrogens is 257 g/mol. The zero-order valence-corrected chi connectivity index (χ0v) is 10.2. The molecule has 0 aromatic heterocycles. The van der Waals surface area contributed by atoms with Gasteiger partial charge in [-0.3, -0.25) is 0 Å². The van der Waals surface area contributed by atoms with E-state index in [1.807, 2.05) is 0 Å². The first-order valence-corrected chi connectivity index (χ1v) is 7.21. The third-order valence-corrected chi connectivity index (χ3v) is 4.04. The van der Waals surface area contributed by atoms with E-state index in [4.69, 9.17) is 0 Å². The van der Waals surface area contributed by atoms with Gasteiger partial charge in [-0.15, -0.1) is 0 Å². The fraction of sp³-hybridized carbons (Fsp3) is 1.00. The van der Waals surface area contributed by atoms with Gasteiger partial charge in [0, 0.05) is 19.0 Å². The Hall–Kier alpha value is -0.340. The molecule has 1 heterocycles. The molecule has 0 radical (unpaired) electrons. The molecule has 1 fully saturated rings. The molecule has 1 rings (SSSR count). The number of rotatable bonds is 5. The van der Waals surface area contributed by atoms with Crippen LogP contribution < -0.4 is 10.0 Å². The van der Waals surface area contributed by atoms with Crippen molar-refractivity contribution in [3.8, 4) is 0 Å². The van der Waals surface area contributed by atoms with E-state index >= 15 is 0 Å². The average Bonchev–Trinajstić information content (AvgIpc) is 2.15. The Balaban J connectivity index is 2.30. The van der Waals surface area contributed by atoms with E-state index in [2.05, 4.69) is 10.0 Å². The third-order valence-electron chi connectivity index (χ3n) is 2.52. The molecule has 0 spiro atoms. The molecule has 1 atom stereocenters. The Kier molecular flexibility index (Phi) is 5.21. The van der Waals surface area contributed by atoms with Gasteiger partial charge in [0.05, 0.1) is 5.75 Å². The minimum atomic E-state index is -4.29. The van der Waals surface area contributed by atoms with Crippen molar-refractivity contribution in [3.63, 3.8) is 0 Å². The van der Waals surface area contributed by atoms with Crippen molar-refractivity contribution in [2.45, 2.75) is 37.9 Å². The fourth-order valence-electron chi connectivity index (χ4n) is 1.73. The molecule has 0 aromatic rings. The summed E-state index contributed by atoms with van der Waals surface area (Å²) < 4.78 is 61.0. The summed E-state index contributed by atoms with van der Waals surface area (Å²) in [6, 6.07) is -0.195. The Labute approximate surface area is 99.0 Å². The topological polar surface area (TPSA) is 58.2 Å². The van der Waals surface area contributed by atoms with Crippen LogP contribution in [0.1, 0.15) is 25.7 Å². The predicted octanol–water partition coefficient (Wildman–Crippen LogP) is 1.00. The lowest BCUT2D eigenvalue weighted by atomic mass is 10.1. The highest BCUT2D eigenvalue weighted by molar-refractivity contribution is 7.89. The molecule has 0 saturated carbocycles. The van der Waals surface area contributed by atoms with E-state index in [1.54, 1.807) is 0 Å². The highest BCUT2D eigenvalue weighted by Gasteiger charge is 2.28. The summed E-state index contributed by atoms with van der Waals surface area (Å²) in [6.45, 7) is 1.39. The second-order valence-electron chi connectivity index (χ2n) is 4.20. The summed E-state index contributed by atoms with van der Waals surface area (Å²) in [5.74, 6) is -0.469. The number of hydrogen-bond donors (Lipinski definition) is 2. The smallest absolute Gasteiger partial charge is 0.315 e. The summed E-state index contributed by atoms with van der Waals surface area (Å²) in [5, 5.41) is 3.03. The average molecular weight is 274 g/mol. The molecule has 0 amide bonds. The van der Waals surface area contributed by atoms with Crippen LogP contribution in [0.5, 0.6) is 0 Å². The van der Waals surface area contributed by atoms with Crippen LogP contribution in [0.2, 0.25) is 0 Å². The molecule has 0 aliphatic carbocycles. The molecular formula is C9H17F3N2O2S. The standard InChI is InChI=1S/C9H17F3N2O2S/c10-9(11,12)4-2-6-17(15,16)14-8-3-1-5-13-7-8/h8,13-14H,1-7H2/t8-/m0/s1. The maximum absolute atomic E-state index is 11.9. The van der Waals surface area contributed by atoms with Gasteiger partial charge in [-0.2, -0.15) is 13.2 Å². The number of sulfonamides is 1. The first-order valence-electron chi connectivity index (χ1n) is 5.56. The summed E-state index contributed by atoms with van der Waals surface area (Å²) in [7, 11) is -3.59. The Morgan fingerprint density at radius 1 is 1.35 bits per heavy atom. The third kappa shape index (κ3) is 6.85. The summed E-state index contributed by atoms with van der Waals surface area (Å²) >= 11 is 0. The van der Waals surface area contributed by atoms with Gasteiger partial charge < -0.3 is 5.32 Å². The van der Waals surface area contributed by atoms with Gasteiger partial charge in [-0.05, 0) is 25.8 Å². The number of nitrogens with one attached hydrogen (secondary N) is 2. The van der Waals surface area contributed by atoms with E-state index < -0.39 is 28.4 Å². The van der Waals surface area contributed by atoms with Crippen molar-refractivity contribution in [2.24, 2.45) is 0 Å². The van der Waals surface area contributed by atoms with E-state index in [-0.39, 0.29) is 12.5 Å². The second kappa shape index (κ2) is 6.01. The van der Waals surface area contributed by atoms with Gasteiger partial charge in [0.2, 0.25) is 10.0 Å². The van der Waals surface area contributed by atoms with E-state index in [9.17, 15) is 21.6 Å². The molecule has 0 unspecified atom stereocenters. The molecule has 4 nitrogen and oxygen atoms in total. The number of alkyl halides is 3. The normalized spacial score (nSPS) is 22.6. The number of halogens is 3. The van der Waals surface area contributed by atoms with Gasteiger partial charge in [-0.1, -0.05) is 0 Å². The maximum atomic E-state index is 11.9. The van der Waals surface area contributed by atoms with Crippen LogP contribution in [0.3, 0.4) is 0 Å². The summed E-state index contributed by atoms with van der Waals surface area (Å²) in [6.07, 6.45) is -4.14. The fourth-order valence-corrected chi connectivity index (χ4v) is 3.08. The quantitative estimate of drug-likeness (QED) is 0.786. The van der Waals surface area contributed by atoms with Crippen molar-refractivity contribution < 1.29 is 21.6 Å². The largest absolute Gasteiger partial charge is 0.389 e. The SMILES string of the molecule is O=S(=O)(CCCC(F)(F)F)N[C@H]1CCCNC1. The monoisotopic (exact) mass is 274 g/mol. The van der Waals surface area contributed by atoms with E-state index in [0.29, 0.717) is 6.54 Å². The minimum Gasteiger partial charge on any atom is -0.315 e. The van der Waals surface area contributed by atoms with Crippen LogP contribution >= 0.6 is 0 Å². The van der Waals surface area contributed by atoms with Gasteiger partial charge in [0.25, 0.3) is 0 Å². The lowest BCUT2D eigenvalue weighted by Crippen LogP contribution is -2.46. The zero-order chi connectivity index (χ0) is 12.9. The van der Waals surface area contributed by atoms with Crippen LogP contribution in [-0.4, -0.2) is 39.5 Å². The Bertz CT molecular complexity index is 324. The molecule has 102 valence electrons. The van der Waals surface area contributed by atoms with Crippen molar-refractivity contribution >= 4 is 10.0 Å². The predicted molar refractivity (Wildman–Crippen MR) is 58.1 cm³/mol. The highest BCUT2D eigenvalue weighted by Crippen LogP contribution is 2.21. The van der Waals surface area contributed by atoms with Crippen molar-refractivity contribution in [2.75, 3.05) is 18.8 Å². The van der Waals surface area contributed by atoms with Crippen molar-refractivity contribution in [1.29, 1.82) is 0 Å². The first kappa shape index (κ1) is 14.7. The van der Waals surface area contributed by atoms with E-state index in [0.717, 1.165) is 19.4 Å². The van der Waals surface area contributed by atoms with Gasteiger partial charge in [-0.25, -0.2) is 13.1 Å². The minimum absolute atomic E-state index is 0.195. The van der Waals surface area contributed by atoms with Crippen molar-refractivity contribution in [1.82, 2.24) is 10.0 Å². The van der Waals surface area contributed by atoms with Crippen molar-refractivity contribution in [3.05, 3.63) is 0 Å². The summed E-state index contributed by atoms with van der Waals surface area (Å²) in [4.78, 5) is 0. The molecule has 1 aliphatic rings. The van der Waals surface area contributed by atoms with Crippen LogP contribution in [0.25, 0.3) is 0 Å². The molecule has 0 bridgehead atoms. The molecule has 1 saturated heterocycles. The number of piperidine rings is 1. The Morgan fingerprint density at radius 3 is 2.59 bits per heavy atom. The van der Waals surface area contributed by atoms with Crippen LogP contribution in [-0.2, 0) is 10.0 Å². The summed E-state index contributed by atoms with van der Waals surface area (Å²) in [5.41, 5.74) is 0. The van der Waals surface area contributed by atoms with Gasteiger partial charge >= 0.3 is 6.18 Å². The van der Waals surface area contributed by atoms with Gasteiger partial charge in [0.1, 0.15) is 0 Å². The van der Waals surface area contributed by atoms with Crippen LogP contribution in [0, 0.1) is 0 Å². The van der Waals surface area contributed by atoms with Crippen LogP contribution in [0.4, 0.5) is 13.2 Å². The lowest BCUT2D eigenvalue weighted by molar-refractivity contribution is -0.134. The van der Waals surface area contributed by atoms with Gasteiger partial charge in [0.15, 0.2) is 0 Å². The lowest BCUT2D eigenvalue weighted by Gasteiger charge is -2.23. The molecule has 2 N–H and O–H groups in total. The molecule has 0 aromatic carbocycles. The maximum Gasteiger partial charge on any atom is 0.389 e. The molecule has 17 heavy (non-hydrogen) atoms. The first-order chi connectivity index (χ1) is 7.79. The van der Waals surface area contributed by atoms with E-state index in [1.165, 1.54) is 0 Å². The highest BCUT2D eigenvalue weighted by atomic mass is 32.2. The molecule has 1 aliphatic heterocycles. The second-order valence-corrected chi connectivity index (χ2v) is 6.07. The number of hydrogen-bond acceptors (Lipinski definition) is 3. The van der Waals surface area contributed by atoms with Crippen LogP contribution in [0.15, 0.2) is 0 Å². The molecule has 8 heteroatoms. The Morgan fingerprint density at radius 2 is 2.06 bits per heavy atom. The zero-order valence-electron chi connectivity index (χ0n) is 9.39.